The van der Waals surface area contributed by atoms with Crippen LogP contribution < -0.4 is 5.43 Å². The van der Waals surface area contributed by atoms with Gasteiger partial charge in [-0.3, -0.25) is 5.43 Å². The lowest BCUT2D eigenvalue weighted by Crippen LogP contribution is -2.11. The molecule has 1 aliphatic carbocycles. The number of aromatic nitrogens is 1. The molecular formula is C10H13N3. The van der Waals surface area contributed by atoms with Crippen LogP contribution in [0.1, 0.15) is 24.8 Å². The summed E-state index contributed by atoms with van der Waals surface area (Å²) in [5, 5.41) is 4.23. The fourth-order valence-electron chi connectivity index (χ4n) is 1.12. The van der Waals surface area contributed by atoms with E-state index in [2.05, 4.69) is 15.5 Å². The Morgan fingerprint density at radius 3 is 2.77 bits per heavy atom. The first kappa shape index (κ1) is 8.23. The van der Waals surface area contributed by atoms with Crippen LogP contribution in [0.15, 0.2) is 23.4 Å². The predicted octanol–water partition coefficient (Wildman–Crippen LogP) is 2.34. The second-order valence-corrected chi connectivity index (χ2v) is 3.36. The smallest absolute Gasteiger partial charge is 0.146 e. The highest BCUT2D eigenvalue weighted by Gasteiger charge is 2.09. The Morgan fingerprint density at radius 1 is 1.38 bits per heavy atom. The summed E-state index contributed by atoms with van der Waals surface area (Å²) in [5.41, 5.74) is 5.37. The number of pyridine rings is 1. The van der Waals surface area contributed by atoms with Crippen molar-refractivity contribution >= 4 is 11.5 Å². The zero-order chi connectivity index (χ0) is 9.10. The van der Waals surface area contributed by atoms with Crippen molar-refractivity contribution < 1.29 is 0 Å². The summed E-state index contributed by atoms with van der Waals surface area (Å²) in [4.78, 5) is 4.19. The molecule has 1 saturated carbocycles. The second kappa shape index (κ2) is 3.56. The van der Waals surface area contributed by atoms with Crippen LogP contribution in [0.3, 0.4) is 0 Å². The molecule has 1 aliphatic rings. The molecule has 1 heterocycles. The number of hydrazone groups is 1. The molecule has 0 bridgehead atoms. The van der Waals surface area contributed by atoms with Gasteiger partial charge < -0.3 is 0 Å². The van der Waals surface area contributed by atoms with Crippen LogP contribution in [-0.4, -0.2) is 10.7 Å². The van der Waals surface area contributed by atoms with Gasteiger partial charge in [-0.15, -0.1) is 0 Å². The Kier molecular flexibility index (Phi) is 2.25. The lowest BCUT2D eigenvalue weighted by molar-refractivity contribution is 0.798. The average Bonchev–Trinajstić information content (AvgIpc) is 2.05. The van der Waals surface area contributed by atoms with Crippen molar-refractivity contribution in [3.8, 4) is 0 Å². The number of nitrogens with one attached hydrogen (secondary N) is 1. The van der Waals surface area contributed by atoms with Gasteiger partial charge in [0, 0.05) is 11.9 Å². The molecule has 3 nitrogen and oxygen atoms in total. The zero-order valence-corrected chi connectivity index (χ0v) is 7.75. The van der Waals surface area contributed by atoms with Gasteiger partial charge in [-0.2, -0.15) is 5.10 Å². The van der Waals surface area contributed by atoms with Gasteiger partial charge in [0.05, 0.1) is 0 Å². The number of rotatable bonds is 2. The SMILES string of the molecule is Cc1ccc(NN=C2CCC2)nc1. The summed E-state index contributed by atoms with van der Waals surface area (Å²) in [6.45, 7) is 2.02. The molecule has 0 unspecified atom stereocenters. The summed E-state index contributed by atoms with van der Waals surface area (Å²) in [6.07, 6.45) is 5.39. The van der Waals surface area contributed by atoms with Crippen LogP contribution in [0.25, 0.3) is 0 Å². The highest BCUT2D eigenvalue weighted by molar-refractivity contribution is 5.89. The second-order valence-electron chi connectivity index (χ2n) is 3.36. The van der Waals surface area contributed by atoms with E-state index in [0.717, 1.165) is 18.7 Å². The number of anilines is 1. The van der Waals surface area contributed by atoms with E-state index in [9.17, 15) is 0 Å². The van der Waals surface area contributed by atoms with Crippen molar-refractivity contribution in [2.45, 2.75) is 26.2 Å². The van der Waals surface area contributed by atoms with Crippen molar-refractivity contribution in [2.24, 2.45) is 5.10 Å². The molecule has 1 aromatic rings. The van der Waals surface area contributed by atoms with Gasteiger partial charge in [0.1, 0.15) is 5.82 Å². The molecule has 0 aromatic carbocycles. The molecule has 13 heavy (non-hydrogen) atoms. The van der Waals surface area contributed by atoms with Crippen molar-refractivity contribution in [3.05, 3.63) is 23.9 Å². The molecule has 0 atom stereocenters. The largest absolute Gasteiger partial charge is 0.261 e. The van der Waals surface area contributed by atoms with Gasteiger partial charge in [0.25, 0.3) is 0 Å². The minimum atomic E-state index is 0.824. The van der Waals surface area contributed by atoms with Crippen molar-refractivity contribution in [1.82, 2.24) is 4.98 Å². The standard InChI is InChI=1S/C10H13N3/c1-8-5-6-10(11-7-8)13-12-9-3-2-4-9/h5-7H,2-4H2,1H3,(H,11,13). The summed E-state index contributed by atoms with van der Waals surface area (Å²) < 4.78 is 0. The maximum Gasteiger partial charge on any atom is 0.146 e. The Balaban J connectivity index is 1.97. The number of hydrogen-bond donors (Lipinski definition) is 1. The van der Waals surface area contributed by atoms with Crippen LogP contribution >= 0.6 is 0 Å². The third-order valence-corrected chi connectivity index (χ3v) is 2.17. The minimum Gasteiger partial charge on any atom is -0.261 e. The number of hydrogen-bond acceptors (Lipinski definition) is 3. The van der Waals surface area contributed by atoms with E-state index in [1.54, 1.807) is 0 Å². The average molecular weight is 175 g/mol. The first-order valence-electron chi connectivity index (χ1n) is 4.59. The van der Waals surface area contributed by atoms with Crippen LogP contribution in [-0.2, 0) is 0 Å². The van der Waals surface area contributed by atoms with Gasteiger partial charge in [0.2, 0.25) is 0 Å². The normalized spacial score (nSPS) is 15.0. The third kappa shape index (κ3) is 2.05. The van der Waals surface area contributed by atoms with Crippen molar-refractivity contribution in [1.29, 1.82) is 0 Å². The monoisotopic (exact) mass is 175 g/mol. The molecule has 0 aliphatic heterocycles. The van der Waals surface area contributed by atoms with E-state index in [1.807, 2.05) is 25.3 Å². The van der Waals surface area contributed by atoms with Crippen LogP contribution in [0.4, 0.5) is 5.82 Å². The first-order valence-corrected chi connectivity index (χ1v) is 4.59. The maximum atomic E-state index is 4.23. The summed E-state index contributed by atoms with van der Waals surface area (Å²) in [5.74, 6) is 0.824. The molecule has 1 aromatic heterocycles. The molecule has 0 radical (unpaired) electrons. The van der Waals surface area contributed by atoms with E-state index >= 15 is 0 Å². The van der Waals surface area contributed by atoms with Gasteiger partial charge >= 0.3 is 0 Å². The zero-order valence-electron chi connectivity index (χ0n) is 7.75. The van der Waals surface area contributed by atoms with Crippen LogP contribution in [0.2, 0.25) is 0 Å². The molecule has 2 rings (SSSR count). The van der Waals surface area contributed by atoms with E-state index in [-0.39, 0.29) is 0 Å². The molecule has 0 saturated heterocycles. The molecule has 68 valence electrons. The number of nitrogens with zero attached hydrogens (tertiary/aromatic N) is 2. The van der Waals surface area contributed by atoms with E-state index in [1.165, 1.54) is 17.7 Å². The minimum absolute atomic E-state index is 0.824. The van der Waals surface area contributed by atoms with E-state index in [4.69, 9.17) is 0 Å². The van der Waals surface area contributed by atoms with Crippen molar-refractivity contribution in [2.75, 3.05) is 5.43 Å². The van der Waals surface area contributed by atoms with Crippen LogP contribution in [0, 0.1) is 6.92 Å². The number of aryl methyl sites for hydroxylation is 1. The van der Waals surface area contributed by atoms with Crippen LogP contribution in [0.5, 0.6) is 0 Å². The fraction of sp³-hybridized carbons (Fsp3) is 0.400. The van der Waals surface area contributed by atoms with Gasteiger partial charge in [0.15, 0.2) is 0 Å². The molecule has 0 amide bonds. The lowest BCUT2D eigenvalue weighted by Gasteiger charge is -2.13. The third-order valence-electron chi connectivity index (χ3n) is 2.17. The van der Waals surface area contributed by atoms with Gasteiger partial charge in [-0.1, -0.05) is 6.07 Å². The molecular weight excluding hydrogens is 162 g/mol. The van der Waals surface area contributed by atoms with Crippen molar-refractivity contribution in [3.63, 3.8) is 0 Å². The first-order chi connectivity index (χ1) is 6.34. The highest BCUT2D eigenvalue weighted by Crippen LogP contribution is 2.14. The molecule has 1 fully saturated rings. The summed E-state index contributed by atoms with van der Waals surface area (Å²) >= 11 is 0. The Bertz CT molecular complexity index is 307. The summed E-state index contributed by atoms with van der Waals surface area (Å²) in [7, 11) is 0. The van der Waals surface area contributed by atoms with E-state index < -0.39 is 0 Å². The molecule has 1 N–H and O–H groups in total. The van der Waals surface area contributed by atoms with E-state index in [0.29, 0.717) is 0 Å². The maximum absolute atomic E-state index is 4.23. The lowest BCUT2D eigenvalue weighted by atomic mass is 9.98. The predicted molar refractivity (Wildman–Crippen MR) is 53.9 cm³/mol. The van der Waals surface area contributed by atoms with Gasteiger partial charge in [-0.25, -0.2) is 4.98 Å². The molecule has 3 heteroatoms. The Labute approximate surface area is 77.9 Å². The summed E-state index contributed by atoms with van der Waals surface area (Å²) in [6, 6.07) is 3.97. The quantitative estimate of drug-likeness (QED) is 0.700. The van der Waals surface area contributed by atoms with Gasteiger partial charge in [-0.05, 0) is 37.8 Å². The highest BCUT2D eigenvalue weighted by atomic mass is 15.3. The fourth-order valence-corrected chi connectivity index (χ4v) is 1.12. The Hall–Kier alpha value is -1.38. The molecule has 0 spiro atoms. The Morgan fingerprint density at radius 2 is 2.23 bits per heavy atom. The topological polar surface area (TPSA) is 37.3 Å².